The Morgan fingerprint density at radius 3 is 2.36 bits per heavy atom. The number of anilines is 1. The molecule has 1 aliphatic heterocycles. The number of aliphatic hydroxyl groups excluding tert-OH is 2. The van der Waals surface area contributed by atoms with Crippen LogP contribution in [0.15, 0.2) is 11.1 Å². The van der Waals surface area contributed by atoms with Crippen LogP contribution in [0.2, 0.25) is 0 Å². The molecule has 8 N–H and O–H groups in total. The number of nitrogen functional groups attached to an aromatic ring is 1. The maximum absolute atomic E-state index is 12.2. The van der Waals surface area contributed by atoms with Crippen molar-refractivity contribution in [2.45, 2.75) is 24.5 Å². The molecule has 6 atom stereocenters. The Morgan fingerprint density at radius 1 is 1.12 bits per heavy atom. The van der Waals surface area contributed by atoms with Gasteiger partial charge < -0.3 is 40.3 Å². The van der Waals surface area contributed by atoms with Crippen molar-refractivity contribution in [1.82, 2.24) is 19.1 Å². The molecule has 2 aromatic heterocycles. The first kappa shape index (κ1) is 26.1. The highest BCUT2D eigenvalue weighted by Gasteiger charge is 2.47. The number of hydrogen-bond acceptors (Lipinski definition) is 13. The molecule has 22 heteroatoms. The number of aliphatic hydroxyl groups is 2. The Hall–Kier alpha value is -1.56. The number of nitrogens with zero attached hydrogens (tertiary/aromatic N) is 4. The normalized spacial score (nSPS) is 27.5. The van der Waals surface area contributed by atoms with Crippen LogP contribution in [0.3, 0.4) is 0 Å². The third kappa shape index (κ3) is 5.75. The fourth-order valence-corrected chi connectivity index (χ4v) is 5.85. The fourth-order valence-electron chi connectivity index (χ4n) is 2.82. The molecule has 19 nitrogen and oxygen atoms in total. The summed E-state index contributed by atoms with van der Waals surface area (Å²) in [6.07, 6.45) is -5.31. The van der Waals surface area contributed by atoms with Crippen LogP contribution < -0.4 is 11.3 Å². The Bertz CT molecular complexity index is 1260. The maximum Gasteiger partial charge on any atom is 0.490 e. The molecule has 0 radical (unpaired) electrons. The van der Waals surface area contributed by atoms with E-state index in [2.05, 4.69) is 23.1 Å². The number of rotatable bonds is 8. The molecule has 33 heavy (non-hydrogen) atoms. The summed E-state index contributed by atoms with van der Waals surface area (Å²) in [6.45, 7) is -1.01. The van der Waals surface area contributed by atoms with E-state index < -0.39 is 60.2 Å². The first-order chi connectivity index (χ1) is 15.0. The topological polar surface area (TPSA) is 288 Å². The molecule has 3 unspecified atom stereocenters. The molecule has 3 heterocycles. The zero-order chi connectivity index (χ0) is 24.9. The summed E-state index contributed by atoms with van der Waals surface area (Å²) in [5.41, 5.74) is 4.82. The average Bonchev–Trinajstić information content (AvgIpc) is 3.17. The molecule has 1 fully saturated rings. The van der Waals surface area contributed by atoms with Gasteiger partial charge in [-0.15, -0.1) is 0 Å². The van der Waals surface area contributed by atoms with Crippen molar-refractivity contribution < 1.29 is 61.4 Å². The first-order valence-corrected chi connectivity index (χ1v) is 13.0. The van der Waals surface area contributed by atoms with Crippen LogP contribution in [0, 0.1) is 0 Å². The second kappa shape index (κ2) is 8.90. The molecule has 1 aliphatic rings. The standard InChI is InChI=1S/C11H18N5O14P3/c1-15-9(19)5-8(14-11(15)12)16(3-13-5)10-7(18)6(17)4(28-10)2-27-32(23,24)30-33(25,26)29-31(20,21)22/h3-4,6-7,10,17-18H,2H2,1H3,(H2,12,14)(H,23,24)(H,25,26)(H2,20,21,22)/t4-,6?,7+,10-/m1/s1. The zero-order valence-corrected chi connectivity index (χ0v) is 18.9. The maximum atomic E-state index is 12.2. The highest BCUT2D eigenvalue weighted by atomic mass is 31.3. The van der Waals surface area contributed by atoms with Gasteiger partial charge in [0.25, 0.3) is 5.56 Å². The molecule has 3 rings (SSSR count). The van der Waals surface area contributed by atoms with Crippen LogP contribution >= 0.6 is 23.5 Å². The van der Waals surface area contributed by atoms with Crippen molar-refractivity contribution >= 4 is 40.6 Å². The number of phosphoric ester groups is 1. The van der Waals surface area contributed by atoms with Crippen molar-refractivity contribution in [3.05, 3.63) is 16.7 Å². The summed E-state index contributed by atoms with van der Waals surface area (Å²) < 4.78 is 52.8. The number of aromatic nitrogens is 4. The number of fused-ring (bicyclic) bond motifs is 1. The van der Waals surface area contributed by atoms with Crippen molar-refractivity contribution in [3.8, 4) is 0 Å². The lowest BCUT2D eigenvalue weighted by Crippen LogP contribution is -2.33. The summed E-state index contributed by atoms with van der Waals surface area (Å²) in [5.74, 6) is -0.188. The van der Waals surface area contributed by atoms with E-state index in [1.54, 1.807) is 0 Å². The second-order valence-electron chi connectivity index (χ2n) is 6.59. The van der Waals surface area contributed by atoms with E-state index in [0.29, 0.717) is 0 Å². The Balaban J connectivity index is 1.75. The second-order valence-corrected chi connectivity index (χ2v) is 11.0. The lowest BCUT2D eigenvalue weighted by atomic mass is 10.1. The van der Waals surface area contributed by atoms with E-state index in [0.717, 1.165) is 15.5 Å². The van der Waals surface area contributed by atoms with E-state index in [9.17, 15) is 33.6 Å². The summed E-state index contributed by atoms with van der Waals surface area (Å²) in [7, 11) is -15.4. The Morgan fingerprint density at radius 2 is 1.76 bits per heavy atom. The molecule has 0 spiro atoms. The summed E-state index contributed by atoms with van der Waals surface area (Å²) in [6, 6.07) is 0. The minimum Gasteiger partial charge on any atom is -0.387 e. The van der Waals surface area contributed by atoms with E-state index in [4.69, 9.17) is 25.2 Å². The number of phosphoric acid groups is 3. The van der Waals surface area contributed by atoms with E-state index >= 15 is 0 Å². The van der Waals surface area contributed by atoms with Gasteiger partial charge in [-0.25, -0.2) is 18.7 Å². The number of imidazole rings is 1. The van der Waals surface area contributed by atoms with Gasteiger partial charge in [0.2, 0.25) is 5.95 Å². The molecule has 186 valence electrons. The van der Waals surface area contributed by atoms with Gasteiger partial charge in [0.15, 0.2) is 17.4 Å². The number of hydrogen-bond donors (Lipinski definition) is 7. The van der Waals surface area contributed by atoms with Gasteiger partial charge in [-0.05, 0) is 0 Å². The Kier molecular flexibility index (Phi) is 7.03. The van der Waals surface area contributed by atoms with Gasteiger partial charge >= 0.3 is 23.5 Å². The lowest BCUT2D eigenvalue weighted by molar-refractivity contribution is -0.0503. The van der Waals surface area contributed by atoms with Gasteiger partial charge in [-0.3, -0.25) is 18.5 Å². The van der Waals surface area contributed by atoms with Crippen molar-refractivity contribution in [2.75, 3.05) is 12.3 Å². The zero-order valence-electron chi connectivity index (χ0n) is 16.3. The van der Waals surface area contributed by atoms with E-state index in [1.807, 2.05) is 0 Å². The van der Waals surface area contributed by atoms with Crippen LogP contribution in [0.4, 0.5) is 5.95 Å². The van der Waals surface area contributed by atoms with Crippen molar-refractivity contribution in [2.24, 2.45) is 7.05 Å². The van der Waals surface area contributed by atoms with Crippen LogP contribution in [-0.2, 0) is 38.6 Å². The molecule has 1 saturated heterocycles. The lowest BCUT2D eigenvalue weighted by Gasteiger charge is -2.19. The predicted octanol–water partition coefficient (Wildman–Crippen LogP) is -2.33. The van der Waals surface area contributed by atoms with E-state index in [1.165, 1.54) is 7.05 Å². The Labute approximate surface area is 182 Å². The number of nitrogens with two attached hydrogens (primary N) is 1. The highest BCUT2D eigenvalue weighted by molar-refractivity contribution is 7.66. The summed E-state index contributed by atoms with van der Waals surface area (Å²) in [5, 5.41) is 20.5. The quantitative estimate of drug-likeness (QED) is 0.174. The minimum atomic E-state index is -5.73. The number of ether oxygens (including phenoxy) is 1. The van der Waals surface area contributed by atoms with Gasteiger partial charge in [-0.1, -0.05) is 0 Å². The molecular formula is C11H18N5O14P3. The molecule has 0 aliphatic carbocycles. The molecule has 0 amide bonds. The molecular weight excluding hydrogens is 519 g/mol. The van der Waals surface area contributed by atoms with Gasteiger partial charge in [0, 0.05) is 7.05 Å². The van der Waals surface area contributed by atoms with Gasteiger partial charge in [0.05, 0.1) is 12.9 Å². The monoisotopic (exact) mass is 537 g/mol. The molecule has 0 bridgehead atoms. The summed E-state index contributed by atoms with van der Waals surface area (Å²) in [4.78, 5) is 55.7. The average molecular weight is 537 g/mol. The third-order valence-corrected chi connectivity index (χ3v) is 8.07. The molecule has 2 aromatic rings. The molecule has 0 saturated carbocycles. The SMILES string of the molecule is Cn1c(N)nc2c(ncn2[C@@H]2O[C@H](COP(=O)(O)OP(=O)(O)OP(=O)(O)O)C(O)[C@@H]2O)c1=O. The predicted molar refractivity (Wildman–Crippen MR) is 103 cm³/mol. The highest BCUT2D eigenvalue weighted by Crippen LogP contribution is 2.66. The first-order valence-electron chi connectivity index (χ1n) is 8.50. The van der Waals surface area contributed by atoms with Crippen LogP contribution in [0.25, 0.3) is 11.2 Å². The van der Waals surface area contributed by atoms with Crippen LogP contribution in [0.5, 0.6) is 0 Å². The minimum absolute atomic E-state index is 0.0969. The fraction of sp³-hybridized carbons (Fsp3) is 0.545. The molecule has 0 aromatic carbocycles. The van der Waals surface area contributed by atoms with Gasteiger partial charge in [0.1, 0.15) is 18.3 Å². The third-order valence-electron chi connectivity index (χ3n) is 4.27. The van der Waals surface area contributed by atoms with Gasteiger partial charge in [-0.2, -0.15) is 13.6 Å². The van der Waals surface area contributed by atoms with Crippen LogP contribution in [-0.4, -0.2) is 73.8 Å². The largest absolute Gasteiger partial charge is 0.490 e. The smallest absolute Gasteiger partial charge is 0.387 e. The van der Waals surface area contributed by atoms with Crippen molar-refractivity contribution in [1.29, 1.82) is 0 Å². The van der Waals surface area contributed by atoms with E-state index in [-0.39, 0.29) is 17.1 Å². The van der Waals surface area contributed by atoms with Crippen molar-refractivity contribution in [3.63, 3.8) is 0 Å². The van der Waals surface area contributed by atoms with Crippen LogP contribution in [0.1, 0.15) is 6.23 Å². The summed E-state index contributed by atoms with van der Waals surface area (Å²) >= 11 is 0.